The van der Waals surface area contributed by atoms with Gasteiger partial charge in [-0.2, -0.15) is 0 Å². The van der Waals surface area contributed by atoms with Crippen LogP contribution in [-0.4, -0.2) is 43.1 Å². The molecule has 1 aromatic carbocycles. The van der Waals surface area contributed by atoms with Crippen molar-refractivity contribution in [3.05, 3.63) is 36.0 Å². The van der Waals surface area contributed by atoms with Crippen molar-refractivity contribution < 1.29 is 8.78 Å². The van der Waals surface area contributed by atoms with Gasteiger partial charge in [-0.15, -0.1) is 0 Å². The molecule has 1 aromatic heterocycles. The van der Waals surface area contributed by atoms with E-state index in [0.717, 1.165) is 44.4 Å². The Morgan fingerprint density at radius 3 is 2.95 bits per heavy atom. The van der Waals surface area contributed by atoms with Gasteiger partial charge in [-0.25, -0.2) is 8.78 Å². The summed E-state index contributed by atoms with van der Waals surface area (Å²) in [6, 6.07) is 4.13. The fourth-order valence-electron chi connectivity index (χ4n) is 3.21. The van der Waals surface area contributed by atoms with E-state index in [0.29, 0.717) is 11.3 Å². The minimum atomic E-state index is -0.599. The first-order valence-electron chi connectivity index (χ1n) is 7.75. The molecule has 3 nitrogen and oxygen atoms in total. The summed E-state index contributed by atoms with van der Waals surface area (Å²) in [5.41, 5.74) is 1.12. The number of fused-ring (bicyclic) bond motifs is 1. The van der Waals surface area contributed by atoms with Gasteiger partial charge in [-0.05, 0) is 38.1 Å². The topological polar surface area (TPSA) is 19.4 Å². The van der Waals surface area contributed by atoms with Crippen LogP contribution in [0.15, 0.2) is 24.4 Å². The normalized spacial score (nSPS) is 18.6. The number of pyridine rings is 1. The highest BCUT2D eigenvalue weighted by atomic mass is 19.1. The molecule has 5 heteroatoms. The molecule has 1 unspecified atom stereocenters. The molecule has 1 saturated heterocycles. The molecule has 2 aromatic rings. The fraction of sp³-hybridized carbons (Fsp3) is 0.471. The Morgan fingerprint density at radius 1 is 1.36 bits per heavy atom. The monoisotopic (exact) mass is 305 g/mol. The van der Waals surface area contributed by atoms with E-state index in [2.05, 4.69) is 28.8 Å². The van der Waals surface area contributed by atoms with Gasteiger partial charge in [0.2, 0.25) is 0 Å². The van der Waals surface area contributed by atoms with Crippen LogP contribution in [0.5, 0.6) is 0 Å². The van der Waals surface area contributed by atoms with Gasteiger partial charge >= 0.3 is 0 Å². The summed E-state index contributed by atoms with van der Waals surface area (Å²) >= 11 is 0. The van der Waals surface area contributed by atoms with Crippen LogP contribution >= 0.6 is 0 Å². The first kappa shape index (κ1) is 15.2. The zero-order valence-corrected chi connectivity index (χ0v) is 13.0. The molecule has 0 saturated carbocycles. The number of anilines is 1. The average Bonchev–Trinajstić information content (AvgIpc) is 2.94. The van der Waals surface area contributed by atoms with E-state index in [1.54, 1.807) is 6.20 Å². The Balaban J connectivity index is 1.88. The molecule has 1 atom stereocenters. The summed E-state index contributed by atoms with van der Waals surface area (Å²) in [5.74, 6) is -0.564. The first-order chi connectivity index (χ1) is 10.6. The van der Waals surface area contributed by atoms with Gasteiger partial charge in [0, 0.05) is 43.0 Å². The number of benzene rings is 1. The second kappa shape index (κ2) is 6.16. The number of rotatable bonds is 4. The van der Waals surface area contributed by atoms with Crippen LogP contribution in [0.4, 0.5) is 14.5 Å². The smallest absolute Gasteiger partial charge is 0.152 e. The Bertz CT molecular complexity index is 674. The molecule has 0 aliphatic carbocycles. The maximum atomic E-state index is 13.9. The predicted molar refractivity (Wildman–Crippen MR) is 85.2 cm³/mol. The highest BCUT2D eigenvalue weighted by Gasteiger charge is 2.25. The molecular weight excluding hydrogens is 284 g/mol. The third-order valence-corrected chi connectivity index (χ3v) is 4.48. The van der Waals surface area contributed by atoms with Crippen LogP contribution in [0.2, 0.25) is 0 Å². The van der Waals surface area contributed by atoms with Crippen molar-refractivity contribution in [3.63, 3.8) is 0 Å². The van der Waals surface area contributed by atoms with E-state index in [1.807, 2.05) is 6.07 Å². The third-order valence-electron chi connectivity index (χ3n) is 4.48. The highest BCUT2D eigenvalue weighted by molar-refractivity contribution is 5.92. The Labute approximate surface area is 129 Å². The van der Waals surface area contributed by atoms with Gasteiger partial charge in [-0.1, -0.05) is 6.92 Å². The Kier molecular flexibility index (Phi) is 4.25. The minimum absolute atomic E-state index is 0.244. The lowest BCUT2D eigenvalue weighted by atomic mass is 10.1. The lowest BCUT2D eigenvalue weighted by molar-refractivity contribution is 0.300. The maximum Gasteiger partial charge on any atom is 0.152 e. The minimum Gasteiger partial charge on any atom is -0.371 e. The van der Waals surface area contributed by atoms with Crippen LogP contribution in [-0.2, 0) is 0 Å². The molecule has 118 valence electrons. The summed E-state index contributed by atoms with van der Waals surface area (Å²) in [6.07, 6.45) is 2.70. The first-order valence-corrected chi connectivity index (χ1v) is 7.75. The average molecular weight is 305 g/mol. The Morgan fingerprint density at radius 2 is 2.18 bits per heavy atom. The molecule has 0 spiro atoms. The van der Waals surface area contributed by atoms with Gasteiger partial charge in [0.05, 0.1) is 0 Å². The highest BCUT2D eigenvalue weighted by Crippen LogP contribution is 2.31. The summed E-state index contributed by atoms with van der Waals surface area (Å²) < 4.78 is 27.4. The Hall–Kier alpha value is -1.75. The summed E-state index contributed by atoms with van der Waals surface area (Å²) in [4.78, 5) is 8.58. The molecule has 0 N–H and O–H groups in total. The van der Waals surface area contributed by atoms with Crippen molar-refractivity contribution in [2.75, 3.05) is 38.1 Å². The zero-order valence-electron chi connectivity index (χ0n) is 13.0. The lowest BCUT2D eigenvalue weighted by Crippen LogP contribution is -2.28. The van der Waals surface area contributed by atoms with Crippen LogP contribution in [0, 0.1) is 17.6 Å². The number of halogens is 2. The summed E-state index contributed by atoms with van der Waals surface area (Å²) in [7, 11) is 2.12. The molecule has 22 heavy (non-hydrogen) atoms. The number of aromatic nitrogens is 1. The molecule has 3 rings (SSSR count). The molecule has 1 aliphatic heterocycles. The van der Waals surface area contributed by atoms with Gasteiger partial charge in [0.1, 0.15) is 11.3 Å². The second-order valence-electron chi connectivity index (χ2n) is 6.07. The van der Waals surface area contributed by atoms with Crippen LogP contribution in [0.3, 0.4) is 0 Å². The molecule has 0 radical (unpaired) electrons. The molecule has 1 aliphatic rings. The largest absolute Gasteiger partial charge is 0.371 e. The second-order valence-corrected chi connectivity index (χ2v) is 6.07. The molecule has 0 amide bonds. The van der Waals surface area contributed by atoms with Crippen LogP contribution in [0.1, 0.15) is 13.3 Å². The van der Waals surface area contributed by atoms with Gasteiger partial charge in [-0.3, -0.25) is 4.98 Å². The van der Waals surface area contributed by atoms with Crippen molar-refractivity contribution in [1.82, 2.24) is 9.88 Å². The standard InChI is InChI=1S/C17H21F2N3/c1-3-21(2)10-12-5-7-22(11-12)16-4-6-20-17-14(16)8-13(18)9-15(17)19/h4,6,8-9,12H,3,5,7,10-11H2,1-2H3. The molecular formula is C17H21F2N3. The third kappa shape index (κ3) is 2.90. The van der Waals surface area contributed by atoms with Gasteiger partial charge in [0.15, 0.2) is 5.82 Å². The van der Waals surface area contributed by atoms with Crippen LogP contribution in [0.25, 0.3) is 10.9 Å². The van der Waals surface area contributed by atoms with Crippen molar-refractivity contribution in [3.8, 4) is 0 Å². The zero-order chi connectivity index (χ0) is 15.7. The number of nitrogens with zero attached hydrogens (tertiary/aromatic N) is 3. The number of hydrogen-bond donors (Lipinski definition) is 0. The van der Waals surface area contributed by atoms with E-state index >= 15 is 0 Å². The fourth-order valence-corrected chi connectivity index (χ4v) is 3.21. The van der Waals surface area contributed by atoms with Gasteiger partial charge in [0.25, 0.3) is 0 Å². The summed E-state index contributed by atoms with van der Waals surface area (Å²) in [5, 5.41) is 0.560. The quantitative estimate of drug-likeness (QED) is 0.864. The van der Waals surface area contributed by atoms with E-state index in [9.17, 15) is 8.78 Å². The maximum absolute atomic E-state index is 13.9. The van der Waals surface area contributed by atoms with Crippen LogP contribution < -0.4 is 4.90 Å². The van der Waals surface area contributed by atoms with Crippen molar-refractivity contribution in [2.24, 2.45) is 5.92 Å². The van der Waals surface area contributed by atoms with Crippen molar-refractivity contribution >= 4 is 16.6 Å². The molecule has 0 bridgehead atoms. The lowest BCUT2D eigenvalue weighted by Gasteiger charge is -2.22. The van der Waals surface area contributed by atoms with E-state index in [-0.39, 0.29) is 5.52 Å². The van der Waals surface area contributed by atoms with Gasteiger partial charge < -0.3 is 9.80 Å². The van der Waals surface area contributed by atoms with E-state index in [4.69, 9.17) is 0 Å². The van der Waals surface area contributed by atoms with Crippen molar-refractivity contribution in [2.45, 2.75) is 13.3 Å². The summed E-state index contributed by atoms with van der Waals surface area (Å²) in [6.45, 7) is 6.07. The number of hydrogen-bond acceptors (Lipinski definition) is 3. The van der Waals surface area contributed by atoms with Crippen molar-refractivity contribution in [1.29, 1.82) is 0 Å². The van der Waals surface area contributed by atoms with E-state index in [1.165, 1.54) is 6.07 Å². The molecule has 2 heterocycles. The predicted octanol–water partition coefficient (Wildman–Crippen LogP) is 3.29. The SMILES string of the molecule is CCN(C)CC1CCN(c2ccnc3c(F)cc(F)cc23)C1. The molecule has 1 fully saturated rings. The van der Waals surface area contributed by atoms with E-state index < -0.39 is 11.6 Å².